The van der Waals surface area contributed by atoms with Crippen LogP contribution in [0.3, 0.4) is 0 Å². The zero-order valence-electron chi connectivity index (χ0n) is 10.2. The van der Waals surface area contributed by atoms with Crippen LogP contribution in [0, 0.1) is 17.8 Å². The molecule has 0 fully saturated rings. The van der Waals surface area contributed by atoms with Gasteiger partial charge in [0.1, 0.15) is 0 Å². The van der Waals surface area contributed by atoms with Gasteiger partial charge in [-0.2, -0.15) is 0 Å². The van der Waals surface area contributed by atoms with Crippen molar-refractivity contribution in [2.45, 2.75) is 54.0 Å². The summed E-state index contributed by atoms with van der Waals surface area (Å²) < 4.78 is 0. The van der Waals surface area contributed by atoms with Gasteiger partial charge in [0.05, 0.1) is 0 Å². The zero-order chi connectivity index (χ0) is 10.4. The third-order valence-electron chi connectivity index (χ3n) is 3.40. The molecule has 0 aromatic rings. The van der Waals surface area contributed by atoms with Crippen LogP contribution in [0.5, 0.6) is 0 Å². The minimum absolute atomic E-state index is 0.659. The number of nitrogens with one attached hydrogen (secondary N) is 1. The molecule has 2 unspecified atom stereocenters. The van der Waals surface area contributed by atoms with Crippen molar-refractivity contribution in [3.8, 4) is 0 Å². The summed E-state index contributed by atoms with van der Waals surface area (Å²) in [5.41, 5.74) is 0. The predicted octanol–water partition coefficient (Wildman–Crippen LogP) is 3.30. The Balaban J connectivity index is 3.63. The van der Waals surface area contributed by atoms with Crippen molar-refractivity contribution in [1.29, 1.82) is 0 Å². The summed E-state index contributed by atoms with van der Waals surface area (Å²) in [5.74, 6) is 2.36. The van der Waals surface area contributed by atoms with E-state index in [0.29, 0.717) is 6.04 Å². The third-order valence-corrected chi connectivity index (χ3v) is 3.40. The van der Waals surface area contributed by atoms with Crippen LogP contribution in [0.25, 0.3) is 0 Å². The van der Waals surface area contributed by atoms with Crippen LogP contribution in [-0.2, 0) is 0 Å². The summed E-state index contributed by atoms with van der Waals surface area (Å²) in [4.78, 5) is 0. The van der Waals surface area contributed by atoms with Crippen LogP contribution in [0.2, 0.25) is 0 Å². The van der Waals surface area contributed by atoms with Gasteiger partial charge in [0.25, 0.3) is 0 Å². The van der Waals surface area contributed by atoms with Crippen LogP contribution < -0.4 is 5.32 Å². The Kier molecular flexibility index (Phi) is 6.40. The van der Waals surface area contributed by atoms with Crippen molar-refractivity contribution in [1.82, 2.24) is 5.32 Å². The van der Waals surface area contributed by atoms with Crippen LogP contribution in [0.15, 0.2) is 0 Å². The maximum atomic E-state index is 3.61. The monoisotopic (exact) mass is 185 g/mol. The Morgan fingerprint density at radius 2 is 1.46 bits per heavy atom. The first kappa shape index (κ1) is 13.0. The molecule has 0 aromatic heterocycles. The molecule has 0 aromatic carbocycles. The van der Waals surface area contributed by atoms with Gasteiger partial charge in [0.15, 0.2) is 0 Å². The highest BCUT2D eigenvalue weighted by atomic mass is 14.9. The van der Waals surface area contributed by atoms with Gasteiger partial charge in [-0.15, -0.1) is 0 Å². The highest BCUT2D eigenvalue weighted by Crippen LogP contribution is 2.11. The summed E-state index contributed by atoms with van der Waals surface area (Å²) >= 11 is 0. The molecule has 0 radical (unpaired) electrons. The topological polar surface area (TPSA) is 12.0 Å². The van der Waals surface area contributed by atoms with Crippen molar-refractivity contribution in [3.63, 3.8) is 0 Å². The van der Waals surface area contributed by atoms with Gasteiger partial charge in [-0.1, -0.05) is 41.0 Å². The fourth-order valence-corrected chi connectivity index (χ4v) is 1.16. The number of hydrogen-bond acceptors (Lipinski definition) is 1. The third kappa shape index (κ3) is 5.30. The molecule has 1 heteroatoms. The molecule has 0 bridgehead atoms. The first-order valence-electron chi connectivity index (χ1n) is 5.72. The summed E-state index contributed by atoms with van der Waals surface area (Å²) in [7, 11) is 0. The number of hydrogen-bond donors (Lipinski definition) is 1. The molecule has 0 aliphatic carbocycles. The molecule has 3 atom stereocenters. The Morgan fingerprint density at radius 1 is 0.923 bits per heavy atom. The Morgan fingerprint density at radius 3 is 1.85 bits per heavy atom. The molecular weight excluding hydrogens is 158 g/mol. The maximum Gasteiger partial charge on any atom is 0.00643 e. The molecule has 0 heterocycles. The van der Waals surface area contributed by atoms with Gasteiger partial charge in [-0.3, -0.25) is 0 Å². The van der Waals surface area contributed by atoms with Crippen molar-refractivity contribution < 1.29 is 0 Å². The SMILES string of the molecule is CCC(C)C(C)NC[C@@H](C)C(C)C. The lowest BCUT2D eigenvalue weighted by Crippen LogP contribution is -2.36. The number of rotatable bonds is 6. The lowest BCUT2D eigenvalue weighted by atomic mass is 9.96. The first-order valence-corrected chi connectivity index (χ1v) is 5.72. The van der Waals surface area contributed by atoms with E-state index in [-0.39, 0.29) is 0 Å². The van der Waals surface area contributed by atoms with E-state index in [1.165, 1.54) is 6.42 Å². The largest absolute Gasteiger partial charge is 0.314 e. The minimum Gasteiger partial charge on any atom is -0.314 e. The van der Waals surface area contributed by atoms with E-state index in [4.69, 9.17) is 0 Å². The van der Waals surface area contributed by atoms with Crippen molar-refractivity contribution >= 4 is 0 Å². The van der Waals surface area contributed by atoms with E-state index >= 15 is 0 Å². The minimum atomic E-state index is 0.659. The van der Waals surface area contributed by atoms with Crippen molar-refractivity contribution in [2.75, 3.05) is 6.54 Å². The van der Waals surface area contributed by atoms with Crippen LogP contribution >= 0.6 is 0 Å². The maximum absolute atomic E-state index is 3.61. The van der Waals surface area contributed by atoms with Crippen LogP contribution in [0.1, 0.15) is 48.0 Å². The fraction of sp³-hybridized carbons (Fsp3) is 1.00. The molecule has 0 rings (SSSR count). The summed E-state index contributed by atoms with van der Waals surface area (Å²) in [6.07, 6.45) is 1.27. The predicted molar refractivity (Wildman–Crippen MR) is 60.9 cm³/mol. The highest BCUT2D eigenvalue weighted by molar-refractivity contribution is 4.69. The average Bonchev–Trinajstić information content (AvgIpc) is 2.11. The van der Waals surface area contributed by atoms with Crippen LogP contribution in [-0.4, -0.2) is 12.6 Å². The van der Waals surface area contributed by atoms with Gasteiger partial charge >= 0.3 is 0 Å². The van der Waals surface area contributed by atoms with E-state index in [9.17, 15) is 0 Å². The second-order valence-electron chi connectivity index (χ2n) is 4.80. The van der Waals surface area contributed by atoms with E-state index in [1.807, 2.05) is 0 Å². The Labute approximate surface area is 84.3 Å². The summed E-state index contributed by atoms with van der Waals surface area (Å²) in [6, 6.07) is 0.659. The lowest BCUT2D eigenvalue weighted by Gasteiger charge is -2.23. The quantitative estimate of drug-likeness (QED) is 0.669. The molecule has 0 saturated carbocycles. The van der Waals surface area contributed by atoms with Crippen LogP contribution in [0.4, 0.5) is 0 Å². The molecule has 0 aliphatic rings. The molecule has 1 N–H and O–H groups in total. The second kappa shape index (κ2) is 6.42. The van der Waals surface area contributed by atoms with E-state index in [1.54, 1.807) is 0 Å². The van der Waals surface area contributed by atoms with E-state index in [2.05, 4.69) is 46.9 Å². The molecule has 0 spiro atoms. The smallest absolute Gasteiger partial charge is 0.00643 e. The zero-order valence-corrected chi connectivity index (χ0v) is 10.2. The van der Waals surface area contributed by atoms with E-state index < -0.39 is 0 Å². The second-order valence-corrected chi connectivity index (χ2v) is 4.80. The lowest BCUT2D eigenvalue weighted by molar-refractivity contribution is 0.329. The van der Waals surface area contributed by atoms with E-state index in [0.717, 1.165) is 24.3 Å². The molecule has 1 nitrogen and oxygen atoms in total. The highest BCUT2D eigenvalue weighted by Gasteiger charge is 2.12. The molecule has 0 amide bonds. The summed E-state index contributed by atoms with van der Waals surface area (Å²) in [5, 5.41) is 3.61. The molecular formula is C12H27N. The van der Waals surface area contributed by atoms with Crippen molar-refractivity contribution in [2.24, 2.45) is 17.8 Å². The van der Waals surface area contributed by atoms with Gasteiger partial charge in [0, 0.05) is 6.04 Å². The van der Waals surface area contributed by atoms with Crippen molar-refractivity contribution in [3.05, 3.63) is 0 Å². The molecule has 80 valence electrons. The standard InChI is InChI=1S/C12H27N/c1-7-10(4)12(6)13-8-11(5)9(2)3/h9-13H,7-8H2,1-6H3/t10?,11-,12?/m1/s1. The van der Waals surface area contributed by atoms with Gasteiger partial charge in [-0.05, 0) is 31.2 Å². The molecule has 0 aliphatic heterocycles. The van der Waals surface area contributed by atoms with Gasteiger partial charge in [0.2, 0.25) is 0 Å². The van der Waals surface area contributed by atoms with Gasteiger partial charge < -0.3 is 5.32 Å². The Bertz CT molecular complexity index is 120. The molecule has 0 saturated heterocycles. The normalized spacial score (nSPS) is 18.7. The fourth-order valence-electron chi connectivity index (χ4n) is 1.16. The molecule has 13 heavy (non-hydrogen) atoms. The Hall–Kier alpha value is -0.0400. The average molecular weight is 185 g/mol. The summed E-state index contributed by atoms with van der Waals surface area (Å²) in [6.45, 7) is 14.9. The van der Waals surface area contributed by atoms with Gasteiger partial charge in [-0.25, -0.2) is 0 Å². The first-order chi connectivity index (χ1) is 5.99.